The molecule has 126 valence electrons. The summed E-state index contributed by atoms with van der Waals surface area (Å²) in [5, 5.41) is 20.7. The number of ether oxygens (including phenoxy) is 2. The fraction of sp³-hybridized carbons (Fsp3) is 0.867. The summed E-state index contributed by atoms with van der Waals surface area (Å²) in [6, 6.07) is -1.09. The van der Waals surface area contributed by atoms with E-state index >= 15 is 0 Å². The zero-order chi connectivity index (χ0) is 16.4. The number of aliphatic hydroxyl groups is 1. The fourth-order valence-corrected chi connectivity index (χ4v) is 3.40. The van der Waals surface area contributed by atoms with Crippen molar-refractivity contribution in [1.29, 1.82) is 0 Å². The second-order valence-corrected chi connectivity index (χ2v) is 6.73. The molecule has 0 bridgehead atoms. The van der Waals surface area contributed by atoms with Crippen LogP contribution in [0.1, 0.15) is 40.0 Å². The number of esters is 1. The number of cyclic esters (lactones) is 1. The standard InChI is InChI=1S/C15H25NO6/c1-7(2)9-5-4-8(3)6-10(9)21-14-11(16-15(19)20)12(17)13(18)22-14/h7-12,14,16-17H,4-6H2,1-3H3,(H,19,20)/t8-,9+,10?,11-,12+,14-/m1/s1. The van der Waals surface area contributed by atoms with E-state index in [1.807, 2.05) is 0 Å². The van der Waals surface area contributed by atoms with Crippen LogP contribution in [-0.2, 0) is 14.3 Å². The zero-order valence-corrected chi connectivity index (χ0v) is 13.2. The number of carbonyl (C=O) groups is 2. The van der Waals surface area contributed by atoms with Crippen molar-refractivity contribution >= 4 is 12.1 Å². The largest absolute Gasteiger partial charge is 0.465 e. The van der Waals surface area contributed by atoms with Crippen LogP contribution in [-0.4, -0.2) is 46.8 Å². The molecule has 2 rings (SSSR count). The first-order valence-corrected chi connectivity index (χ1v) is 7.83. The highest BCUT2D eigenvalue weighted by molar-refractivity contribution is 5.79. The number of carboxylic acid groups (broad SMARTS) is 1. The zero-order valence-electron chi connectivity index (χ0n) is 13.2. The summed E-state index contributed by atoms with van der Waals surface area (Å²) >= 11 is 0. The van der Waals surface area contributed by atoms with Gasteiger partial charge in [0.05, 0.1) is 6.10 Å². The molecule has 1 amide bonds. The average molecular weight is 315 g/mol. The Kier molecular flexibility index (Phi) is 5.28. The Balaban J connectivity index is 2.08. The number of nitrogens with one attached hydrogen (secondary N) is 1. The van der Waals surface area contributed by atoms with E-state index in [-0.39, 0.29) is 6.10 Å². The minimum absolute atomic E-state index is 0.107. The van der Waals surface area contributed by atoms with Crippen LogP contribution in [0.2, 0.25) is 0 Å². The lowest BCUT2D eigenvalue weighted by Gasteiger charge is -2.38. The quantitative estimate of drug-likeness (QED) is 0.676. The topological polar surface area (TPSA) is 105 Å². The summed E-state index contributed by atoms with van der Waals surface area (Å²) in [4.78, 5) is 22.3. The Hall–Kier alpha value is -1.34. The Morgan fingerprint density at radius 2 is 2.09 bits per heavy atom. The highest BCUT2D eigenvalue weighted by atomic mass is 16.7. The third-order valence-corrected chi connectivity index (χ3v) is 4.67. The molecule has 0 aromatic carbocycles. The van der Waals surface area contributed by atoms with Gasteiger partial charge in [-0.2, -0.15) is 0 Å². The van der Waals surface area contributed by atoms with Gasteiger partial charge in [-0.3, -0.25) is 0 Å². The molecule has 2 fully saturated rings. The summed E-state index contributed by atoms with van der Waals surface area (Å²) in [5.74, 6) is 0.408. The van der Waals surface area contributed by atoms with Gasteiger partial charge in [-0.1, -0.05) is 27.2 Å². The van der Waals surface area contributed by atoms with Crippen molar-refractivity contribution in [2.45, 2.75) is 64.6 Å². The third kappa shape index (κ3) is 3.70. The van der Waals surface area contributed by atoms with Crippen LogP contribution in [0.5, 0.6) is 0 Å². The number of rotatable bonds is 4. The van der Waals surface area contributed by atoms with Gasteiger partial charge in [-0.15, -0.1) is 0 Å². The molecule has 1 aliphatic carbocycles. The first kappa shape index (κ1) is 17.0. The van der Waals surface area contributed by atoms with Gasteiger partial charge in [0.2, 0.25) is 6.29 Å². The molecule has 1 aliphatic heterocycles. The van der Waals surface area contributed by atoms with E-state index in [1.54, 1.807) is 0 Å². The molecule has 1 saturated carbocycles. The summed E-state index contributed by atoms with van der Waals surface area (Å²) in [6.07, 6.45) is -1.03. The molecule has 6 atom stereocenters. The van der Waals surface area contributed by atoms with E-state index in [9.17, 15) is 14.7 Å². The van der Waals surface area contributed by atoms with E-state index in [1.165, 1.54) is 0 Å². The van der Waals surface area contributed by atoms with Crippen molar-refractivity contribution < 1.29 is 29.3 Å². The molecule has 0 spiro atoms. The van der Waals surface area contributed by atoms with Crippen LogP contribution in [0, 0.1) is 17.8 Å². The number of aliphatic hydroxyl groups excluding tert-OH is 1. The summed E-state index contributed by atoms with van der Waals surface area (Å²) in [6.45, 7) is 6.40. The van der Waals surface area contributed by atoms with E-state index < -0.39 is 30.5 Å². The monoisotopic (exact) mass is 315 g/mol. The lowest BCUT2D eigenvalue weighted by Crippen LogP contribution is -2.49. The van der Waals surface area contributed by atoms with Crippen molar-refractivity contribution in [1.82, 2.24) is 5.32 Å². The number of carbonyl (C=O) groups excluding carboxylic acids is 1. The molecular weight excluding hydrogens is 290 g/mol. The molecule has 2 aliphatic rings. The number of hydrogen-bond acceptors (Lipinski definition) is 5. The molecule has 1 heterocycles. The van der Waals surface area contributed by atoms with Crippen molar-refractivity contribution in [3.05, 3.63) is 0 Å². The number of hydrogen-bond donors (Lipinski definition) is 3. The smallest absolute Gasteiger partial charge is 0.405 e. The molecule has 1 saturated heterocycles. The lowest BCUT2D eigenvalue weighted by atomic mass is 9.75. The van der Waals surface area contributed by atoms with Crippen LogP contribution in [0.3, 0.4) is 0 Å². The maximum Gasteiger partial charge on any atom is 0.405 e. The molecule has 1 unspecified atom stereocenters. The second kappa shape index (κ2) is 6.83. The van der Waals surface area contributed by atoms with Gasteiger partial charge in [0.15, 0.2) is 6.10 Å². The van der Waals surface area contributed by atoms with Crippen LogP contribution in [0.4, 0.5) is 4.79 Å². The normalized spacial score (nSPS) is 38.9. The molecule has 0 aromatic heterocycles. The van der Waals surface area contributed by atoms with Gasteiger partial charge in [-0.05, 0) is 30.6 Å². The summed E-state index contributed by atoms with van der Waals surface area (Å²) in [7, 11) is 0. The van der Waals surface area contributed by atoms with Crippen LogP contribution in [0.15, 0.2) is 0 Å². The van der Waals surface area contributed by atoms with Crippen molar-refractivity contribution in [2.24, 2.45) is 17.8 Å². The molecular formula is C15H25NO6. The predicted molar refractivity (Wildman–Crippen MR) is 77.1 cm³/mol. The maximum absolute atomic E-state index is 11.5. The second-order valence-electron chi connectivity index (χ2n) is 6.73. The predicted octanol–water partition coefficient (Wildman–Crippen LogP) is 1.34. The Bertz CT molecular complexity index is 426. The average Bonchev–Trinajstić information content (AvgIpc) is 2.66. The first-order valence-electron chi connectivity index (χ1n) is 7.83. The minimum Gasteiger partial charge on any atom is -0.465 e. The van der Waals surface area contributed by atoms with Gasteiger partial charge < -0.3 is 25.0 Å². The van der Waals surface area contributed by atoms with Crippen molar-refractivity contribution in [3.8, 4) is 0 Å². The Morgan fingerprint density at radius 3 is 2.68 bits per heavy atom. The van der Waals surface area contributed by atoms with E-state index in [0.717, 1.165) is 19.3 Å². The van der Waals surface area contributed by atoms with Gasteiger partial charge in [-0.25, -0.2) is 9.59 Å². The first-order chi connectivity index (χ1) is 10.3. The SMILES string of the molecule is CC(C)[C@@H]1CC[C@@H](C)CC1O[C@@H]1OC(=O)[C@@H](O)[C@H]1NC(=O)O. The number of amides is 1. The van der Waals surface area contributed by atoms with Gasteiger partial charge in [0, 0.05) is 0 Å². The molecule has 3 N–H and O–H groups in total. The van der Waals surface area contributed by atoms with E-state index in [2.05, 4.69) is 26.1 Å². The molecule has 0 radical (unpaired) electrons. The van der Waals surface area contributed by atoms with Crippen LogP contribution in [0.25, 0.3) is 0 Å². The molecule has 0 aromatic rings. The molecule has 7 nitrogen and oxygen atoms in total. The summed E-state index contributed by atoms with van der Waals surface area (Å²) < 4.78 is 10.9. The van der Waals surface area contributed by atoms with Crippen LogP contribution >= 0.6 is 0 Å². The maximum atomic E-state index is 11.5. The summed E-state index contributed by atoms with van der Waals surface area (Å²) in [5.41, 5.74) is 0. The van der Waals surface area contributed by atoms with E-state index in [0.29, 0.717) is 17.8 Å². The van der Waals surface area contributed by atoms with Crippen molar-refractivity contribution in [3.63, 3.8) is 0 Å². The van der Waals surface area contributed by atoms with Crippen molar-refractivity contribution in [2.75, 3.05) is 0 Å². The Morgan fingerprint density at radius 1 is 1.41 bits per heavy atom. The minimum atomic E-state index is -1.53. The van der Waals surface area contributed by atoms with Gasteiger partial charge >= 0.3 is 12.1 Å². The third-order valence-electron chi connectivity index (χ3n) is 4.67. The van der Waals surface area contributed by atoms with Crippen LogP contribution < -0.4 is 5.32 Å². The molecule has 7 heteroatoms. The lowest BCUT2D eigenvalue weighted by molar-refractivity contribution is -0.190. The van der Waals surface area contributed by atoms with Gasteiger partial charge in [0.1, 0.15) is 6.04 Å². The highest BCUT2D eigenvalue weighted by Crippen LogP contribution is 2.37. The van der Waals surface area contributed by atoms with Gasteiger partial charge in [0.25, 0.3) is 0 Å². The highest BCUT2D eigenvalue weighted by Gasteiger charge is 2.47. The molecule has 22 heavy (non-hydrogen) atoms. The Labute approximate surface area is 130 Å². The fourth-order valence-electron chi connectivity index (χ4n) is 3.40. The van der Waals surface area contributed by atoms with E-state index in [4.69, 9.17) is 14.6 Å².